The van der Waals surface area contributed by atoms with Crippen LogP contribution in [0.1, 0.15) is 53.4 Å². The van der Waals surface area contributed by atoms with Crippen LogP contribution in [0.4, 0.5) is 0 Å². The van der Waals surface area contributed by atoms with E-state index in [1.54, 1.807) is 0 Å². The van der Waals surface area contributed by atoms with E-state index >= 15 is 0 Å². The number of nitrogens with zero attached hydrogens (tertiary/aromatic N) is 2. The lowest BCUT2D eigenvalue weighted by Gasteiger charge is -2.25. The van der Waals surface area contributed by atoms with Gasteiger partial charge >= 0.3 is 0 Å². The number of rotatable bonds is 7. The Balaban J connectivity index is 2.26. The van der Waals surface area contributed by atoms with Gasteiger partial charge in [0.05, 0.1) is 6.07 Å². The molecule has 0 aromatic heterocycles. The van der Waals surface area contributed by atoms with Gasteiger partial charge < -0.3 is 4.90 Å². The van der Waals surface area contributed by atoms with Gasteiger partial charge in [-0.2, -0.15) is 5.26 Å². The Kier molecular flexibility index (Phi) is 5.62. The molecular weight excluding hydrogens is 222 g/mol. The maximum Gasteiger partial charge on any atom is 0.103 e. The molecule has 1 atom stereocenters. The van der Waals surface area contributed by atoms with E-state index in [0.29, 0.717) is 5.41 Å². The fraction of sp³-hybridized carbons (Fsp3) is 0.933. The summed E-state index contributed by atoms with van der Waals surface area (Å²) in [4.78, 5) is 2.54. The van der Waals surface area contributed by atoms with Crippen LogP contribution < -0.4 is 5.32 Å². The van der Waals surface area contributed by atoms with Crippen LogP contribution in [0.2, 0.25) is 0 Å². The van der Waals surface area contributed by atoms with E-state index in [9.17, 15) is 5.26 Å². The average Bonchev–Trinajstić information content (AvgIpc) is 2.66. The zero-order chi connectivity index (χ0) is 13.6. The summed E-state index contributed by atoms with van der Waals surface area (Å²) in [5.41, 5.74) is 0.143. The number of nitriles is 1. The summed E-state index contributed by atoms with van der Waals surface area (Å²) in [6.45, 7) is 13.3. The topological polar surface area (TPSA) is 39.1 Å². The van der Waals surface area contributed by atoms with Crippen molar-refractivity contribution in [3.05, 3.63) is 0 Å². The Morgan fingerprint density at radius 1 is 1.44 bits per heavy atom. The Morgan fingerprint density at radius 3 is 2.67 bits per heavy atom. The Hall–Kier alpha value is -0.590. The third-order valence-corrected chi connectivity index (χ3v) is 3.92. The molecule has 0 amide bonds. The highest BCUT2D eigenvalue weighted by Crippen LogP contribution is 2.29. The molecular formula is C15H29N3. The summed E-state index contributed by atoms with van der Waals surface area (Å²) >= 11 is 0. The van der Waals surface area contributed by atoms with Crippen molar-refractivity contribution < 1.29 is 0 Å². The van der Waals surface area contributed by atoms with Gasteiger partial charge in [0, 0.05) is 6.54 Å². The van der Waals surface area contributed by atoms with Crippen molar-refractivity contribution in [1.82, 2.24) is 10.2 Å². The molecule has 1 unspecified atom stereocenters. The highest BCUT2D eigenvalue weighted by atomic mass is 15.1. The van der Waals surface area contributed by atoms with E-state index in [2.05, 4.69) is 37.1 Å². The van der Waals surface area contributed by atoms with Gasteiger partial charge in [-0.25, -0.2) is 0 Å². The van der Waals surface area contributed by atoms with Crippen LogP contribution >= 0.6 is 0 Å². The zero-order valence-electron chi connectivity index (χ0n) is 12.6. The molecule has 18 heavy (non-hydrogen) atoms. The van der Waals surface area contributed by atoms with Crippen LogP contribution in [0.25, 0.3) is 0 Å². The summed E-state index contributed by atoms with van der Waals surface area (Å²) in [6.07, 6.45) is 4.44. The number of hydrogen-bond acceptors (Lipinski definition) is 3. The van der Waals surface area contributed by atoms with Crippen LogP contribution in [0.3, 0.4) is 0 Å². The van der Waals surface area contributed by atoms with Crippen molar-refractivity contribution in [3.8, 4) is 6.07 Å². The molecule has 1 aliphatic heterocycles. The molecule has 0 radical (unpaired) electrons. The molecule has 0 bridgehead atoms. The second kappa shape index (κ2) is 6.54. The van der Waals surface area contributed by atoms with E-state index in [-0.39, 0.29) is 5.54 Å². The molecule has 1 rings (SSSR count). The first-order valence-electron chi connectivity index (χ1n) is 7.29. The van der Waals surface area contributed by atoms with Crippen molar-refractivity contribution in [3.63, 3.8) is 0 Å². The normalized spacial score (nSPS) is 22.6. The van der Waals surface area contributed by atoms with Crippen molar-refractivity contribution in [2.75, 3.05) is 26.2 Å². The van der Waals surface area contributed by atoms with E-state index in [0.717, 1.165) is 32.4 Å². The fourth-order valence-electron chi connectivity index (χ4n) is 2.66. The molecule has 1 heterocycles. The van der Waals surface area contributed by atoms with E-state index in [1.165, 1.54) is 19.5 Å². The van der Waals surface area contributed by atoms with Gasteiger partial charge in [-0.05, 0) is 57.7 Å². The molecule has 0 aromatic rings. The van der Waals surface area contributed by atoms with Gasteiger partial charge in [0.1, 0.15) is 5.54 Å². The molecule has 0 aliphatic carbocycles. The highest BCUT2D eigenvalue weighted by molar-refractivity contribution is 5.03. The van der Waals surface area contributed by atoms with Crippen molar-refractivity contribution in [1.29, 1.82) is 5.26 Å². The molecule has 1 N–H and O–H groups in total. The average molecular weight is 251 g/mol. The molecule has 0 saturated carbocycles. The monoisotopic (exact) mass is 251 g/mol. The smallest absolute Gasteiger partial charge is 0.103 e. The lowest BCUT2D eigenvalue weighted by Crippen LogP contribution is -2.42. The zero-order valence-corrected chi connectivity index (χ0v) is 12.6. The van der Waals surface area contributed by atoms with Gasteiger partial charge in [-0.1, -0.05) is 20.8 Å². The van der Waals surface area contributed by atoms with Crippen LogP contribution in [0.5, 0.6) is 0 Å². The second-order valence-electron chi connectivity index (χ2n) is 6.66. The maximum absolute atomic E-state index is 9.26. The third-order valence-electron chi connectivity index (χ3n) is 3.92. The molecule has 3 heteroatoms. The largest absolute Gasteiger partial charge is 0.303 e. The highest BCUT2D eigenvalue weighted by Gasteiger charge is 2.29. The van der Waals surface area contributed by atoms with Crippen molar-refractivity contribution >= 4 is 0 Å². The minimum atomic E-state index is -0.342. The van der Waals surface area contributed by atoms with Crippen molar-refractivity contribution in [2.24, 2.45) is 5.41 Å². The van der Waals surface area contributed by atoms with Gasteiger partial charge in [0.15, 0.2) is 0 Å². The molecule has 0 spiro atoms. The molecule has 0 aromatic carbocycles. The Morgan fingerprint density at radius 2 is 2.17 bits per heavy atom. The second-order valence-corrected chi connectivity index (χ2v) is 6.66. The summed E-state index contributed by atoms with van der Waals surface area (Å²) in [5, 5.41) is 12.6. The lowest BCUT2D eigenvalue weighted by atomic mass is 9.93. The summed E-state index contributed by atoms with van der Waals surface area (Å²) in [5.74, 6) is 0. The van der Waals surface area contributed by atoms with Gasteiger partial charge in [0.25, 0.3) is 0 Å². The SMILES string of the molecule is CCCNC(C)(C#N)CCCN1CCC(C)(C)C1. The van der Waals surface area contributed by atoms with Gasteiger partial charge in [-0.3, -0.25) is 5.32 Å². The molecule has 1 aliphatic rings. The van der Waals surface area contributed by atoms with Crippen LogP contribution in [-0.4, -0.2) is 36.6 Å². The van der Waals surface area contributed by atoms with E-state index in [1.807, 2.05) is 6.92 Å². The summed E-state index contributed by atoms with van der Waals surface area (Å²) in [6, 6.07) is 2.43. The predicted octanol–water partition coefficient (Wildman–Crippen LogP) is 2.78. The standard InChI is InChI=1S/C15H29N3/c1-5-9-17-15(4,12-16)7-6-10-18-11-8-14(2,3)13-18/h17H,5-11,13H2,1-4H3. The molecule has 104 valence electrons. The first kappa shape index (κ1) is 15.5. The van der Waals surface area contributed by atoms with Crippen LogP contribution in [0, 0.1) is 16.7 Å². The van der Waals surface area contributed by atoms with Crippen molar-refractivity contribution in [2.45, 2.75) is 58.9 Å². The van der Waals surface area contributed by atoms with Crippen LogP contribution in [-0.2, 0) is 0 Å². The Bertz CT molecular complexity index is 293. The number of nitrogens with one attached hydrogen (secondary N) is 1. The predicted molar refractivity (Wildman–Crippen MR) is 76.4 cm³/mol. The minimum absolute atomic E-state index is 0.342. The molecule has 1 saturated heterocycles. The lowest BCUT2D eigenvalue weighted by molar-refractivity contribution is 0.274. The fourth-order valence-corrected chi connectivity index (χ4v) is 2.66. The first-order valence-corrected chi connectivity index (χ1v) is 7.29. The number of hydrogen-bond donors (Lipinski definition) is 1. The van der Waals surface area contributed by atoms with Gasteiger partial charge in [-0.15, -0.1) is 0 Å². The minimum Gasteiger partial charge on any atom is -0.303 e. The van der Waals surface area contributed by atoms with E-state index in [4.69, 9.17) is 0 Å². The molecule has 3 nitrogen and oxygen atoms in total. The molecule has 1 fully saturated rings. The van der Waals surface area contributed by atoms with Crippen LogP contribution in [0.15, 0.2) is 0 Å². The third kappa shape index (κ3) is 4.96. The summed E-state index contributed by atoms with van der Waals surface area (Å²) < 4.78 is 0. The number of likely N-dealkylation sites (tertiary alicyclic amines) is 1. The maximum atomic E-state index is 9.26. The quantitative estimate of drug-likeness (QED) is 0.756. The van der Waals surface area contributed by atoms with Gasteiger partial charge in [0.2, 0.25) is 0 Å². The Labute approximate surface area is 113 Å². The van der Waals surface area contributed by atoms with E-state index < -0.39 is 0 Å². The summed E-state index contributed by atoms with van der Waals surface area (Å²) in [7, 11) is 0. The first-order chi connectivity index (χ1) is 8.41.